The van der Waals surface area contributed by atoms with Crippen molar-refractivity contribution in [3.8, 4) is 0 Å². The van der Waals surface area contributed by atoms with Crippen LogP contribution in [-0.4, -0.2) is 31.5 Å². The van der Waals surface area contributed by atoms with Crippen molar-refractivity contribution in [2.24, 2.45) is 0 Å². The van der Waals surface area contributed by atoms with Gasteiger partial charge in [-0.05, 0) is 31.2 Å². The highest BCUT2D eigenvalue weighted by molar-refractivity contribution is 7.94. The summed E-state index contributed by atoms with van der Waals surface area (Å²) < 4.78 is 25.9. The average Bonchev–Trinajstić information content (AvgIpc) is 2.85. The predicted octanol–water partition coefficient (Wildman–Crippen LogP) is 1.97. The smallest absolute Gasteiger partial charge is 0.335 e. The molecule has 106 valence electrons. The summed E-state index contributed by atoms with van der Waals surface area (Å²) in [6.07, 6.45) is 1.32. The van der Waals surface area contributed by atoms with Gasteiger partial charge in [0.2, 0.25) is 0 Å². The fourth-order valence-electron chi connectivity index (χ4n) is 1.55. The Balaban J connectivity index is 2.35. The van der Waals surface area contributed by atoms with Gasteiger partial charge in [0.05, 0.1) is 22.5 Å². The zero-order chi connectivity index (χ0) is 14.9. The molecule has 1 heterocycles. The molecule has 0 spiro atoms. The Morgan fingerprint density at radius 3 is 2.35 bits per heavy atom. The van der Waals surface area contributed by atoms with Gasteiger partial charge in [-0.15, -0.1) is 11.3 Å². The maximum atomic E-state index is 12.3. The third kappa shape index (κ3) is 2.66. The van der Waals surface area contributed by atoms with Gasteiger partial charge >= 0.3 is 5.97 Å². The van der Waals surface area contributed by atoms with E-state index in [1.807, 2.05) is 0 Å². The molecule has 1 N–H and O–H groups in total. The fraction of sp³-hybridized carbons (Fsp3) is 0.167. The van der Waals surface area contributed by atoms with E-state index in [9.17, 15) is 13.2 Å². The van der Waals surface area contributed by atoms with Crippen LogP contribution >= 0.6 is 11.3 Å². The van der Waals surface area contributed by atoms with Crippen molar-refractivity contribution >= 4 is 33.0 Å². The quantitative estimate of drug-likeness (QED) is 0.932. The topological polar surface area (TPSA) is 87.6 Å². The van der Waals surface area contributed by atoms with Crippen LogP contribution < -0.4 is 4.31 Å². The number of rotatable bonds is 4. The number of anilines is 1. The molecular formula is C12H12N2O4S2. The monoisotopic (exact) mass is 312 g/mol. The van der Waals surface area contributed by atoms with Gasteiger partial charge in [0.25, 0.3) is 10.0 Å². The number of aromatic carboxylic acids is 1. The average molecular weight is 312 g/mol. The van der Waals surface area contributed by atoms with Crippen molar-refractivity contribution in [3.63, 3.8) is 0 Å². The Kier molecular flexibility index (Phi) is 3.78. The van der Waals surface area contributed by atoms with Crippen LogP contribution in [0.4, 0.5) is 5.69 Å². The van der Waals surface area contributed by atoms with Crippen molar-refractivity contribution in [2.75, 3.05) is 11.4 Å². The third-order valence-corrected chi connectivity index (χ3v) is 5.83. The largest absolute Gasteiger partial charge is 0.478 e. The van der Waals surface area contributed by atoms with Crippen molar-refractivity contribution in [3.05, 3.63) is 41.0 Å². The molecule has 0 fully saturated rings. The molecule has 1 aromatic heterocycles. The van der Waals surface area contributed by atoms with Gasteiger partial charge in [-0.25, -0.2) is 18.2 Å². The van der Waals surface area contributed by atoms with E-state index in [1.165, 1.54) is 37.5 Å². The lowest BCUT2D eigenvalue weighted by molar-refractivity contribution is 0.0697. The molecule has 6 nitrogen and oxygen atoms in total. The molecule has 0 aliphatic carbocycles. The van der Waals surface area contributed by atoms with Crippen molar-refractivity contribution < 1.29 is 18.3 Å². The molecule has 0 aliphatic heterocycles. The van der Waals surface area contributed by atoms with E-state index < -0.39 is 16.0 Å². The van der Waals surface area contributed by atoms with Crippen molar-refractivity contribution in [1.29, 1.82) is 0 Å². The Morgan fingerprint density at radius 2 is 1.90 bits per heavy atom. The first-order chi connectivity index (χ1) is 9.32. The summed E-state index contributed by atoms with van der Waals surface area (Å²) in [6.45, 7) is 1.73. The summed E-state index contributed by atoms with van der Waals surface area (Å²) in [5.74, 6) is -1.06. The molecule has 2 aromatic rings. The van der Waals surface area contributed by atoms with E-state index in [1.54, 1.807) is 6.92 Å². The van der Waals surface area contributed by atoms with E-state index in [0.29, 0.717) is 10.7 Å². The molecule has 8 heteroatoms. The zero-order valence-corrected chi connectivity index (χ0v) is 12.4. The van der Waals surface area contributed by atoms with Crippen molar-refractivity contribution in [1.82, 2.24) is 4.98 Å². The van der Waals surface area contributed by atoms with Crippen LogP contribution in [0.3, 0.4) is 0 Å². The molecule has 0 amide bonds. The highest BCUT2D eigenvalue weighted by Crippen LogP contribution is 2.25. The summed E-state index contributed by atoms with van der Waals surface area (Å²) in [6, 6.07) is 5.63. The highest BCUT2D eigenvalue weighted by Gasteiger charge is 2.23. The SMILES string of the molecule is Cc1ncc(S(=O)(=O)N(C)c2ccc(C(=O)O)cc2)s1. The Morgan fingerprint density at radius 1 is 1.30 bits per heavy atom. The van der Waals surface area contributed by atoms with Crippen molar-refractivity contribution in [2.45, 2.75) is 11.1 Å². The maximum Gasteiger partial charge on any atom is 0.335 e. The van der Waals surface area contributed by atoms with Crippen LogP contribution in [0.2, 0.25) is 0 Å². The lowest BCUT2D eigenvalue weighted by atomic mass is 10.2. The van der Waals surface area contributed by atoms with E-state index in [4.69, 9.17) is 5.11 Å². The summed E-state index contributed by atoms with van der Waals surface area (Å²) in [7, 11) is -2.25. The number of carboxylic acids is 1. The number of carboxylic acid groups (broad SMARTS) is 1. The number of aromatic nitrogens is 1. The van der Waals surface area contributed by atoms with E-state index >= 15 is 0 Å². The van der Waals surface area contributed by atoms with E-state index in [-0.39, 0.29) is 9.77 Å². The molecule has 0 radical (unpaired) electrons. The maximum absolute atomic E-state index is 12.3. The van der Waals surface area contributed by atoms with Crippen LogP contribution in [0.25, 0.3) is 0 Å². The van der Waals surface area contributed by atoms with Crippen LogP contribution in [-0.2, 0) is 10.0 Å². The van der Waals surface area contributed by atoms with Gasteiger partial charge in [-0.1, -0.05) is 0 Å². The lowest BCUT2D eigenvalue weighted by Gasteiger charge is -2.18. The number of hydrogen-bond acceptors (Lipinski definition) is 5. The second-order valence-electron chi connectivity index (χ2n) is 4.02. The number of benzene rings is 1. The van der Waals surface area contributed by atoms with E-state index in [0.717, 1.165) is 15.6 Å². The number of aryl methyl sites for hydroxylation is 1. The van der Waals surface area contributed by atoms with Crippen LogP contribution in [0, 0.1) is 6.92 Å². The van der Waals surface area contributed by atoms with Crippen LogP contribution in [0.15, 0.2) is 34.7 Å². The molecule has 0 saturated carbocycles. The van der Waals surface area contributed by atoms with Gasteiger partial charge in [0.1, 0.15) is 0 Å². The van der Waals surface area contributed by atoms with Gasteiger partial charge in [0.15, 0.2) is 4.21 Å². The molecular weight excluding hydrogens is 300 g/mol. The Hall–Kier alpha value is -1.93. The first-order valence-corrected chi connectivity index (χ1v) is 7.83. The predicted molar refractivity (Wildman–Crippen MR) is 75.8 cm³/mol. The summed E-state index contributed by atoms with van der Waals surface area (Å²) in [5, 5.41) is 9.48. The van der Waals surface area contributed by atoms with Gasteiger partial charge < -0.3 is 5.11 Å². The molecule has 1 aromatic carbocycles. The van der Waals surface area contributed by atoms with Crippen LogP contribution in [0.1, 0.15) is 15.4 Å². The van der Waals surface area contributed by atoms with Gasteiger partial charge in [-0.3, -0.25) is 4.31 Å². The molecule has 20 heavy (non-hydrogen) atoms. The standard InChI is InChI=1S/C12H12N2O4S2/c1-8-13-7-11(19-8)20(17,18)14(2)10-5-3-9(4-6-10)12(15)16/h3-7H,1-2H3,(H,15,16). The fourth-order valence-corrected chi connectivity index (χ4v) is 4.02. The minimum Gasteiger partial charge on any atom is -0.478 e. The Labute approximate surface area is 120 Å². The van der Waals surface area contributed by atoms with Crippen LogP contribution in [0.5, 0.6) is 0 Å². The van der Waals surface area contributed by atoms with Gasteiger partial charge in [0, 0.05) is 7.05 Å². The second kappa shape index (κ2) is 5.22. The zero-order valence-electron chi connectivity index (χ0n) is 10.8. The molecule has 0 saturated heterocycles. The summed E-state index contributed by atoms with van der Waals surface area (Å²) in [5.41, 5.74) is 0.495. The minimum absolute atomic E-state index is 0.105. The first kappa shape index (κ1) is 14.5. The van der Waals surface area contributed by atoms with E-state index in [2.05, 4.69) is 4.98 Å². The number of hydrogen-bond donors (Lipinski definition) is 1. The number of carbonyl (C=O) groups is 1. The molecule has 0 atom stereocenters. The molecule has 0 bridgehead atoms. The second-order valence-corrected chi connectivity index (χ2v) is 7.45. The molecule has 2 rings (SSSR count). The number of nitrogens with zero attached hydrogens (tertiary/aromatic N) is 2. The molecule has 0 unspecified atom stereocenters. The highest BCUT2D eigenvalue weighted by atomic mass is 32.2. The van der Waals surface area contributed by atoms with Gasteiger partial charge in [-0.2, -0.15) is 0 Å². The minimum atomic E-state index is -3.66. The Bertz CT molecular complexity index is 735. The summed E-state index contributed by atoms with van der Waals surface area (Å²) in [4.78, 5) is 14.7. The number of thiazole rings is 1. The lowest BCUT2D eigenvalue weighted by Crippen LogP contribution is -2.25. The third-order valence-electron chi connectivity index (χ3n) is 2.69. The summed E-state index contributed by atoms with van der Waals surface area (Å²) >= 11 is 1.09. The first-order valence-electron chi connectivity index (χ1n) is 5.57. The molecule has 0 aliphatic rings. The normalized spacial score (nSPS) is 11.3. The number of sulfonamides is 1.